The smallest absolute Gasteiger partial charge is 0.275 e. The van der Waals surface area contributed by atoms with Crippen LogP contribution < -0.4 is 5.32 Å². The minimum Gasteiger partial charge on any atom is -0.337 e. The fourth-order valence-electron chi connectivity index (χ4n) is 2.54. The summed E-state index contributed by atoms with van der Waals surface area (Å²) in [6.45, 7) is 1.95. The lowest BCUT2D eigenvalue weighted by atomic mass is 10.2. The number of imidazole rings is 1. The first-order valence-corrected chi connectivity index (χ1v) is 8.66. The lowest BCUT2D eigenvalue weighted by molar-refractivity contribution is 0.102. The van der Waals surface area contributed by atoms with E-state index in [0.29, 0.717) is 27.7 Å². The Balaban J connectivity index is 1.66. The third kappa shape index (κ3) is 3.60. The number of H-pyrrole nitrogens is 1. The molecule has 27 heavy (non-hydrogen) atoms. The summed E-state index contributed by atoms with van der Waals surface area (Å²) in [6, 6.07) is 7.07. The predicted molar refractivity (Wildman–Crippen MR) is 104 cm³/mol. The molecule has 0 radical (unpaired) electrons. The molecule has 3 aromatic heterocycles. The Morgan fingerprint density at radius 3 is 2.70 bits per heavy atom. The lowest BCUT2D eigenvalue weighted by Gasteiger charge is -2.07. The first-order valence-electron chi connectivity index (χ1n) is 7.91. The number of anilines is 1. The van der Waals surface area contributed by atoms with Gasteiger partial charge in [0.05, 0.1) is 22.9 Å². The molecule has 0 saturated heterocycles. The third-order valence-corrected chi connectivity index (χ3v) is 4.33. The van der Waals surface area contributed by atoms with E-state index in [1.807, 2.05) is 13.0 Å². The summed E-state index contributed by atoms with van der Waals surface area (Å²) < 4.78 is 0. The molecule has 0 fully saturated rings. The van der Waals surface area contributed by atoms with Gasteiger partial charge in [-0.1, -0.05) is 23.2 Å². The number of aromatic amines is 1. The number of fused-ring (bicyclic) bond motifs is 1. The maximum Gasteiger partial charge on any atom is 0.275 e. The van der Waals surface area contributed by atoms with E-state index in [1.54, 1.807) is 24.4 Å². The van der Waals surface area contributed by atoms with Gasteiger partial charge < -0.3 is 10.3 Å². The van der Waals surface area contributed by atoms with Gasteiger partial charge in [0, 0.05) is 17.4 Å². The zero-order valence-corrected chi connectivity index (χ0v) is 15.5. The normalized spacial score (nSPS) is 10.9. The Bertz CT molecular complexity index is 1160. The molecule has 0 saturated carbocycles. The molecule has 0 unspecified atom stereocenters. The van der Waals surface area contributed by atoms with Crippen molar-refractivity contribution < 1.29 is 4.79 Å². The molecule has 134 valence electrons. The van der Waals surface area contributed by atoms with E-state index in [-0.39, 0.29) is 10.8 Å². The molecule has 4 rings (SSSR count). The van der Waals surface area contributed by atoms with Crippen molar-refractivity contribution in [2.75, 3.05) is 5.32 Å². The Kier molecular flexibility index (Phi) is 4.47. The minimum atomic E-state index is -0.408. The van der Waals surface area contributed by atoms with Crippen LogP contribution in [0.4, 0.5) is 5.69 Å². The van der Waals surface area contributed by atoms with Crippen LogP contribution in [0, 0.1) is 6.92 Å². The number of rotatable bonds is 3. The first kappa shape index (κ1) is 17.4. The highest BCUT2D eigenvalue weighted by Gasteiger charge is 2.13. The topological polar surface area (TPSA) is 96.5 Å². The SMILES string of the molecule is Cc1cnc2nc(-c3cc(NC(=O)c4cnc(Cl)cn4)ccc3Cl)[nH]c2c1. The van der Waals surface area contributed by atoms with Crippen molar-refractivity contribution in [3.63, 3.8) is 0 Å². The molecule has 0 aliphatic rings. The van der Waals surface area contributed by atoms with Crippen molar-refractivity contribution in [1.29, 1.82) is 0 Å². The monoisotopic (exact) mass is 398 g/mol. The second kappa shape index (κ2) is 6.94. The van der Waals surface area contributed by atoms with Gasteiger partial charge in [-0.25, -0.2) is 19.9 Å². The largest absolute Gasteiger partial charge is 0.337 e. The first-order chi connectivity index (χ1) is 13.0. The van der Waals surface area contributed by atoms with Crippen LogP contribution in [0.1, 0.15) is 16.1 Å². The number of aromatic nitrogens is 5. The Hall–Kier alpha value is -3.03. The Morgan fingerprint density at radius 2 is 1.93 bits per heavy atom. The van der Waals surface area contributed by atoms with Gasteiger partial charge in [0.2, 0.25) is 0 Å². The second-order valence-corrected chi connectivity index (χ2v) is 6.64. The van der Waals surface area contributed by atoms with E-state index in [2.05, 4.69) is 30.2 Å². The number of benzene rings is 1. The molecule has 4 aromatic rings. The van der Waals surface area contributed by atoms with Crippen molar-refractivity contribution in [3.05, 3.63) is 64.3 Å². The number of pyridine rings is 1. The Labute approximate surface area is 163 Å². The molecule has 7 nitrogen and oxygen atoms in total. The predicted octanol–water partition coefficient (Wildman–Crippen LogP) is 4.28. The van der Waals surface area contributed by atoms with E-state index in [0.717, 1.165) is 11.1 Å². The quantitative estimate of drug-likeness (QED) is 0.536. The lowest BCUT2D eigenvalue weighted by Crippen LogP contribution is -2.14. The number of halogens is 2. The van der Waals surface area contributed by atoms with Gasteiger partial charge in [-0.2, -0.15) is 0 Å². The summed E-state index contributed by atoms with van der Waals surface area (Å²) in [7, 11) is 0. The highest BCUT2D eigenvalue weighted by Crippen LogP contribution is 2.30. The molecule has 1 aromatic carbocycles. The Morgan fingerprint density at radius 1 is 1.07 bits per heavy atom. The molecule has 0 atom stereocenters. The molecular formula is C18H12Cl2N6O. The van der Waals surface area contributed by atoms with Gasteiger partial charge in [-0.3, -0.25) is 4.79 Å². The highest BCUT2D eigenvalue weighted by molar-refractivity contribution is 6.33. The second-order valence-electron chi connectivity index (χ2n) is 5.84. The van der Waals surface area contributed by atoms with Crippen molar-refractivity contribution in [2.24, 2.45) is 0 Å². The number of carbonyl (C=O) groups excluding carboxylic acids is 1. The van der Waals surface area contributed by atoms with Gasteiger partial charge in [-0.15, -0.1) is 0 Å². The summed E-state index contributed by atoms with van der Waals surface area (Å²) >= 11 is 12.0. The van der Waals surface area contributed by atoms with Gasteiger partial charge in [0.1, 0.15) is 16.7 Å². The number of hydrogen-bond donors (Lipinski definition) is 2. The molecule has 0 spiro atoms. The van der Waals surface area contributed by atoms with Crippen LogP contribution in [0.25, 0.3) is 22.6 Å². The molecular weight excluding hydrogens is 387 g/mol. The van der Waals surface area contributed by atoms with Crippen LogP contribution in [0.3, 0.4) is 0 Å². The number of nitrogens with one attached hydrogen (secondary N) is 2. The van der Waals surface area contributed by atoms with Gasteiger partial charge in [-0.05, 0) is 36.8 Å². The number of aryl methyl sites for hydroxylation is 1. The van der Waals surface area contributed by atoms with Crippen LogP contribution in [0.2, 0.25) is 10.2 Å². The molecule has 0 aliphatic carbocycles. The summed E-state index contributed by atoms with van der Waals surface area (Å²) in [5.41, 5.74) is 3.77. The number of hydrogen-bond acceptors (Lipinski definition) is 5. The number of amides is 1. The highest BCUT2D eigenvalue weighted by atomic mass is 35.5. The number of carbonyl (C=O) groups is 1. The fraction of sp³-hybridized carbons (Fsp3) is 0.0556. The minimum absolute atomic E-state index is 0.152. The van der Waals surface area contributed by atoms with Crippen molar-refractivity contribution >= 4 is 46.0 Å². The zero-order chi connectivity index (χ0) is 19.0. The van der Waals surface area contributed by atoms with E-state index < -0.39 is 5.91 Å². The summed E-state index contributed by atoms with van der Waals surface area (Å²) in [5, 5.41) is 3.47. The summed E-state index contributed by atoms with van der Waals surface area (Å²) in [4.78, 5) is 32.1. The zero-order valence-electron chi connectivity index (χ0n) is 14.0. The van der Waals surface area contributed by atoms with E-state index in [1.165, 1.54) is 12.4 Å². The van der Waals surface area contributed by atoms with Gasteiger partial charge in [0.25, 0.3) is 5.91 Å². The molecule has 0 bridgehead atoms. The van der Waals surface area contributed by atoms with Gasteiger partial charge >= 0.3 is 0 Å². The van der Waals surface area contributed by atoms with Crippen LogP contribution in [-0.4, -0.2) is 30.8 Å². The van der Waals surface area contributed by atoms with Crippen molar-refractivity contribution in [3.8, 4) is 11.4 Å². The maximum atomic E-state index is 12.3. The molecule has 3 heterocycles. The maximum absolute atomic E-state index is 12.3. The van der Waals surface area contributed by atoms with Crippen LogP contribution >= 0.6 is 23.2 Å². The standard InChI is InChI=1S/C18H12Cl2N6O/c1-9-4-13-17(23-6-9)26-16(25-13)11-5-10(2-3-12(11)19)24-18(27)14-7-22-15(20)8-21-14/h2-8H,1H3,(H,24,27)(H,23,25,26). The molecule has 9 heteroatoms. The number of nitrogens with zero attached hydrogens (tertiary/aromatic N) is 4. The van der Waals surface area contributed by atoms with Crippen LogP contribution in [0.15, 0.2) is 42.9 Å². The summed E-state index contributed by atoms with van der Waals surface area (Å²) in [6.07, 6.45) is 4.37. The van der Waals surface area contributed by atoms with Gasteiger partial charge in [0.15, 0.2) is 5.65 Å². The molecule has 2 N–H and O–H groups in total. The van der Waals surface area contributed by atoms with Crippen molar-refractivity contribution in [1.82, 2.24) is 24.9 Å². The van der Waals surface area contributed by atoms with E-state index >= 15 is 0 Å². The average molecular weight is 399 g/mol. The molecule has 1 amide bonds. The van der Waals surface area contributed by atoms with Crippen LogP contribution in [-0.2, 0) is 0 Å². The fourth-order valence-corrected chi connectivity index (χ4v) is 2.85. The van der Waals surface area contributed by atoms with Crippen LogP contribution in [0.5, 0.6) is 0 Å². The summed E-state index contributed by atoms with van der Waals surface area (Å²) in [5.74, 6) is 0.157. The third-order valence-electron chi connectivity index (χ3n) is 3.81. The molecule has 0 aliphatic heterocycles. The van der Waals surface area contributed by atoms with E-state index in [4.69, 9.17) is 23.2 Å². The van der Waals surface area contributed by atoms with E-state index in [9.17, 15) is 4.79 Å². The van der Waals surface area contributed by atoms with Crippen molar-refractivity contribution in [2.45, 2.75) is 6.92 Å². The average Bonchev–Trinajstić information content (AvgIpc) is 3.06.